The maximum Gasteiger partial charge on any atom is 0.223 e. The summed E-state index contributed by atoms with van der Waals surface area (Å²) in [6.07, 6.45) is 0.468. The highest BCUT2D eigenvalue weighted by Gasteiger charge is 2.22. The van der Waals surface area contributed by atoms with Gasteiger partial charge in [0.25, 0.3) is 0 Å². The van der Waals surface area contributed by atoms with Crippen LogP contribution in [0.1, 0.15) is 12.0 Å². The van der Waals surface area contributed by atoms with Crippen molar-refractivity contribution >= 4 is 11.6 Å². The van der Waals surface area contributed by atoms with Crippen molar-refractivity contribution in [1.82, 2.24) is 10.2 Å². The van der Waals surface area contributed by atoms with Gasteiger partial charge in [-0.3, -0.25) is 4.79 Å². The van der Waals surface area contributed by atoms with Gasteiger partial charge >= 0.3 is 0 Å². The minimum atomic E-state index is -0.208. The normalized spacial score (nSPS) is 14.3. The first-order chi connectivity index (χ1) is 13.2. The number of nitrogens with one attached hydrogen (secondary N) is 1. The lowest BCUT2D eigenvalue weighted by Gasteiger charge is -2.36. The molecule has 1 amide bonds. The average molecular weight is 371 g/mol. The Kier molecular flexibility index (Phi) is 6.65. The predicted molar refractivity (Wildman–Crippen MR) is 105 cm³/mol. The smallest absolute Gasteiger partial charge is 0.223 e. The van der Waals surface area contributed by atoms with Gasteiger partial charge in [0.05, 0.1) is 12.8 Å². The molecule has 0 aromatic heterocycles. The second-order valence-corrected chi connectivity index (χ2v) is 6.59. The molecule has 0 saturated carbocycles. The highest BCUT2D eigenvalue weighted by molar-refractivity contribution is 5.76. The van der Waals surface area contributed by atoms with E-state index in [0.717, 1.165) is 17.9 Å². The van der Waals surface area contributed by atoms with Crippen LogP contribution >= 0.6 is 0 Å². The molecule has 0 atom stereocenters. The van der Waals surface area contributed by atoms with E-state index in [1.54, 1.807) is 19.2 Å². The van der Waals surface area contributed by atoms with Crippen molar-refractivity contribution < 1.29 is 13.9 Å². The first-order valence-electron chi connectivity index (χ1n) is 9.28. The summed E-state index contributed by atoms with van der Waals surface area (Å²) >= 11 is 0. The number of halogens is 1. The van der Waals surface area contributed by atoms with E-state index in [0.29, 0.717) is 44.8 Å². The van der Waals surface area contributed by atoms with Crippen molar-refractivity contribution in [3.8, 4) is 5.75 Å². The number of piperazine rings is 1. The summed E-state index contributed by atoms with van der Waals surface area (Å²) < 4.78 is 19.0. The van der Waals surface area contributed by atoms with E-state index < -0.39 is 0 Å². The third-order valence-electron chi connectivity index (χ3n) is 4.83. The Labute approximate surface area is 159 Å². The van der Waals surface area contributed by atoms with Crippen LogP contribution in [0.25, 0.3) is 0 Å². The van der Waals surface area contributed by atoms with Gasteiger partial charge in [-0.2, -0.15) is 0 Å². The molecule has 1 aliphatic rings. The van der Waals surface area contributed by atoms with Crippen molar-refractivity contribution in [2.45, 2.75) is 13.0 Å². The molecule has 2 aromatic carbocycles. The molecular weight excluding hydrogens is 345 g/mol. The van der Waals surface area contributed by atoms with Gasteiger partial charge in [-0.15, -0.1) is 0 Å². The summed E-state index contributed by atoms with van der Waals surface area (Å²) in [5, 5.41) is 3.30. The number of amides is 1. The molecule has 3 rings (SSSR count). The zero-order valence-electron chi connectivity index (χ0n) is 15.7. The van der Waals surface area contributed by atoms with Crippen molar-refractivity contribution in [3.05, 3.63) is 59.9 Å². The number of benzene rings is 2. The van der Waals surface area contributed by atoms with Gasteiger partial charge in [0.1, 0.15) is 11.6 Å². The molecule has 2 aromatic rings. The van der Waals surface area contributed by atoms with Crippen LogP contribution in [0.15, 0.2) is 48.5 Å². The molecule has 5 nitrogen and oxygen atoms in total. The van der Waals surface area contributed by atoms with Gasteiger partial charge in [0, 0.05) is 45.7 Å². The molecule has 1 N–H and O–H groups in total. The number of ether oxygens (including phenoxy) is 1. The van der Waals surface area contributed by atoms with Gasteiger partial charge in [0.15, 0.2) is 0 Å². The van der Waals surface area contributed by atoms with Gasteiger partial charge in [-0.05, 0) is 29.8 Å². The molecule has 0 unspecified atom stereocenters. The second-order valence-electron chi connectivity index (χ2n) is 6.59. The number of para-hydroxylation sites is 1. The van der Waals surface area contributed by atoms with Crippen LogP contribution in [0.3, 0.4) is 0 Å². The fourth-order valence-electron chi connectivity index (χ4n) is 3.23. The van der Waals surface area contributed by atoms with Crippen LogP contribution in [-0.4, -0.2) is 50.6 Å². The minimum Gasteiger partial charge on any atom is -0.497 e. The van der Waals surface area contributed by atoms with E-state index in [-0.39, 0.29) is 11.7 Å². The quantitative estimate of drug-likeness (QED) is 0.760. The molecule has 6 heteroatoms. The predicted octanol–water partition coefficient (Wildman–Crippen LogP) is 2.66. The van der Waals surface area contributed by atoms with Crippen molar-refractivity contribution in [2.24, 2.45) is 0 Å². The third-order valence-corrected chi connectivity index (χ3v) is 4.83. The second kappa shape index (κ2) is 9.37. The molecule has 1 fully saturated rings. The standard InChI is InChI=1S/C21H26FN3O2/c1-27-18-8-6-17(7-9-18)16-23-11-10-21(26)25-14-12-24(13-15-25)20-5-3-2-4-19(20)22/h2-9,23H,10-16H2,1H3. The molecule has 1 aliphatic heterocycles. The number of hydrogen-bond donors (Lipinski definition) is 1. The van der Waals surface area contributed by atoms with Crippen molar-refractivity contribution in [1.29, 1.82) is 0 Å². The Morgan fingerprint density at radius 1 is 1.07 bits per heavy atom. The molecule has 0 spiro atoms. The number of hydrogen-bond acceptors (Lipinski definition) is 4. The molecule has 0 bridgehead atoms. The molecule has 144 valence electrons. The number of rotatable bonds is 7. The third kappa shape index (κ3) is 5.20. The van der Waals surface area contributed by atoms with Crippen LogP contribution < -0.4 is 15.0 Å². The van der Waals surface area contributed by atoms with Crippen molar-refractivity contribution in [3.63, 3.8) is 0 Å². The zero-order valence-corrected chi connectivity index (χ0v) is 15.7. The lowest BCUT2D eigenvalue weighted by molar-refractivity contribution is -0.131. The summed E-state index contributed by atoms with van der Waals surface area (Å²) in [7, 11) is 1.65. The number of nitrogens with zero attached hydrogens (tertiary/aromatic N) is 2. The van der Waals surface area contributed by atoms with E-state index in [1.165, 1.54) is 6.07 Å². The van der Waals surface area contributed by atoms with E-state index in [9.17, 15) is 9.18 Å². The SMILES string of the molecule is COc1ccc(CNCCC(=O)N2CCN(c3ccccc3F)CC2)cc1. The van der Waals surface area contributed by atoms with Crippen LogP contribution in [0.4, 0.5) is 10.1 Å². The summed E-state index contributed by atoms with van der Waals surface area (Å²) in [6.45, 7) is 3.94. The van der Waals surface area contributed by atoms with E-state index in [4.69, 9.17) is 4.74 Å². The summed E-state index contributed by atoms with van der Waals surface area (Å²) in [5.41, 5.74) is 1.77. The fourth-order valence-corrected chi connectivity index (χ4v) is 3.23. The minimum absolute atomic E-state index is 0.144. The Balaban J connectivity index is 1.37. The summed E-state index contributed by atoms with van der Waals surface area (Å²) in [5.74, 6) is 0.772. The van der Waals surface area contributed by atoms with E-state index in [1.807, 2.05) is 40.1 Å². The monoisotopic (exact) mass is 371 g/mol. The number of anilines is 1. The number of methoxy groups -OCH3 is 1. The first-order valence-corrected chi connectivity index (χ1v) is 9.28. The lowest BCUT2D eigenvalue weighted by atomic mass is 10.2. The molecule has 1 heterocycles. The zero-order chi connectivity index (χ0) is 19.1. The van der Waals surface area contributed by atoms with Crippen LogP contribution in [0.2, 0.25) is 0 Å². The van der Waals surface area contributed by atoms with Crippen LogP contribution in [0, 0.1) is 5.82 Å². The fraction of sp³-hybridized carbons (Fsp3) is 0.381. The first kappa shape index (κ1) is 19.2. The summed E-state index contributed by atoms with van der Waals surface area (Å²) in [6, 6.07) is 14.7. The highest BCUT2D eigenvalue weighted by atomic mass is 19.1. The van der Waals surface area contributed by atoms with Gasteiger partial charge < -0.3 is 19.9 Å². The van der Waals surface area contributed by atoms with Gasteiger partial charge in [-0.25, -0.2) is 4.39 Å². The maximum atomic E-state index is 13.9. The molecule has 0 radical (unpaired) electrons. The molecule has 27 heavy (non-hydrogen) atoms. The van der Waals surface area contributed by atoms with Crippen LogP contribution in [0.5, 0.6) is 5.75 Å². The van der Waals surface area contributed by atoms with Crippen LogP contribution in [-0.2, 0) is 11.3 Å². The topological polar surface area (TPSA) is 44.8 Å². The Hall–Kier alpha value is -2.60. The number of carbonyl (C=O) groups excluding carboxylic acids is 1. The average Bonchev–Trinajstić information content (AvgIpc) is 2.72. The Morgan fingerprint density at radius 2 is 1.78 bits per heavy atom. The highest BCUT2D eigenvalue weighted by Crippen LogP contribution is 2.20. The van der Waals surface area contributed by atoms with Gasteiger partial charge in [0.2, 0.25) is 5.91 Å². The Morgan fingerprint density at radius 3 is 2.44 bits per heavy atom. The van der Waals surface area contributed by atoms with Crippen molar-refractivity contribution in [2.75, 3.05) is 44.7 Å². The van der Waals surface area contributed by atoms with E-state index >= 15 is 0 Å². The molecule has 1 saturated heterocycles. The maximum absolute atomic E-state index is 13.9. The Bertz CT molecular complexity index is 743. The number of carbonyl (C=O) groups is 1. The largest absolute Gasteiger partial charge is 0.497 e. The van der Waals surface area contributed by atoms with Gasteiger partial charge in [-0.1, -0.05) is 24.3 Å². The summed E-state index contributed by atoms with van der Waals surface area (Å²) in [4.78, 5) is 16.2. The van der Waals surface area contributed by atoms with E-state index in [2.05, 4.69) is 5.32 Å². The molecule has 0 aliphatic carbocycles. The lowest BCUT2D eigenvalue weighted by Crippen LogP contribution is -2.49. The molecular formula is C21H26FN3O2.